The molecule has 6 nitrogen and oxygen atoms in total. The van der Waals surface area contributed by atoms with Crippen molar-refractivity contribution in [1.29, 1.82) is 0 Å². The number of benzene rings is 1. The van der Waals surface area contributed by atoms with Crippen molar-refractivity contribution in [3.05, 3.63) is 62.0 Å². The third-order valence-electron chi connectivity index (χ3n) is 3.62. The molecular weight excluding hydrogens is 410 g/mol. The number of nitrogens with zero attached hydrogens (tertiary/aromatic N) is 2. The number of hydrogen-bond acceptors (Lipinski definition) is 4. The lowest BCUT2D eigenvalue weighted by Crippen LogP contribution is -2.32. The van der Waals surface area contributed by atoms with Crippen LogP contribution in [0.2, 0.25) is 5.02 Å². The van der Waals surface area contributed by atoms with Crippen LogP contribution in [-0.2, 0) is 6.54 Å². The van der Waals surface area contributed by atoms with E-state index in [0.29, 0.717) is 33.0 Å². The van der Waals surface area contributed by atoms with Gasteiger partial charge in [-0.25, -0.2) is 4.98 Å². The number of aromatic amines is 1. The van der Waals surface area contributed by atoms with Crippen LogP contribution in [0.5, 0.6) is 0 Å². The van der Waals surface area contributed by atoms with Crippen molar-refractivity contribution in [2.75, 3.05) is 6.54 Å². The Bertz CT molecular complexity index is 983. The van der Waals surface area contributed by atoms with Gasteiger partial charge < -0.3 is 14.3 Å². The van der Waals surface area contributed by atoms with Crippen LogP contribution >= 0.6 is 27.5 Å². The van der Waals surface area contributed by atoms with Gasteiger partial charge in [-0.3, -0.25) is 9.59 Å². The molecule has 0 fully saturated rings. The number of H-pyrrole nitrogens is 1. The second kappa shape index (κ2) is 7.41. The van der Waals surface area contributed by atoms with E-state index in [1.54, 1.807) is 35.2 Å². The van der Waals surface area contributed by atoms with E-state index in [1.165, 1.54) is 0 Å². The molecule has 2 heterocycles. The van der Waals surface area contributed by atoms with Crippen LogP contribution in [0.25, 0.3) is 10.9 Å². The predicted molar refractivity (Wildman–Crippen MR) is 98.8 cm³/mol. The highest BCUT2D eigenvalue weighted by Crippen LogP contribution is 2.18. The average Bonchev–Trinajstić information content (AvgIpc) is 3.00. The Morgan fingerprint density at radius 2 is 2.16 bits per heavy atom. The summed E-state index contributed by atoms with van der Waals surface area (Å²) >= 11 is 9.17. The van der Waals surface area contributed by atoms with E-state index < -0.39 is 0 Å². The maximum atomic E-state index is 12.6. The summed E-state index contributed by atoms with van der Waals surface area (Å²) in [7, 11) is 0. The quantitative estimate of drug-likeness (QED) is 0.672. The summed E-state index contributed by atoms with van der Waals surface area (Å²) in [6.45, 7) is 2.64. The molecule has 2 aromatic heterocycles. The highest BCUT2D eigenvalue weighted by molar-refractivity contribution is 9.10. The number of nitrogens with one attached hydrogen (secondary N) is 1. The molecule has 0 aliphatic carbocycles. The minimum Gasteiger partial charge on any atom is -0.444 e. The Kier molecular flexibility index (Phi) is 5.24. The Morgan fingerprint density at radius 1 is 1.36 bits per heavy atom. The summed E-state index contributed by atoms with van der Waals surface area (Å²) in [6, 6.07) is 8.16. The first-order chi connectivity index (χ1) is 12.0. The first-order valence-electron chi connectivity index (χ1n) is 7.71. The molecule has 0 radical (unpaired) electrons. The summed E-state index contributed by atoms with van der Waals surface area (Å²) in [5.74, 6) is 0.361. The number of hydrogen-bond donors (Lipinski definition) is 1. The van der Waals surface area contributed by atoms with Gasteiger partial charge in [-0.2, -0.15) is 0 Å². The van der Waals surface area contributed by atoms with Gasteiger partial charge in [0.05, 0.1) is 17.4 Å². The molecule has 0 saturated carbocycles. The molecule has 0 unspecified atom stereocenters. The van der Waals surface area contributed by atoms with Gasteiger partial charge in [-0.15, -0.1) is 0 Å². The van der Waals surface area contributed by atoms with Crippen LogP contribution in [0.1, 0.15) is 29.7 Å². The Morgan fingerprint density at radius 3 is 2.84 bits per heavy atom. The highest BCUT2D eigenvalue weighted by Gasteiger charge is 2.20. The summed E-state index contributed by atoms with van der Waals surface area (Å²) in [5, 5.41) is 0.954. The van der Waals surface area contributed by atoms with Gasteiger partial charge in [0.1, 0.15) is 5.82 Å². The van der Waals surface area contributed by atoms with Gasteiger partial charge in [0.25, 0.3) is 11.5 Å². The molecule has 1 amide bonds. The zero-order chi connectivity index (χ0) is 18.0. The van der Waals surface area contributed by atoms with Crippen LogP contribution < -0.4 is 5.56 Å². The lowest BCUT2D eigenvalue weighted by molar-refractivity contribution is 0.0705. The number of aromatic nitrogens is 2. The maximum Gasteiger partial charge on any atom is 0.290 e. The number of halogens is 2. The first-order valence-corrected chi connectivity index (χ1v) is 8.88. The third kappa shape index (κ3) is 3.93. The molecule has 0 aliphatic heterocycles. The smallest absolute Gasteiger partial charge is 0.290 e. The van der Waals surface area contributed by atoms with Gasteiger partial charge in [0, 0.05) is 11.6 Å². The summed E-state index contributed by atoms with van der Waals surface area (Å²) in [5.41, 5.74) is 0.234. The van der Waals surface area contributed by atoms with Gasteiger partial charge in [-0.05, 0) is 52.7 Å². The second-order valence-corrected chi connectivity index (χ2v) is 6.72. The summed E-state index contributed by atoms with van der Waals surface area (Å²) in [4.78, 5) is 33.6. The van der Waals surface area contributed by atoms with Crippen molar-refractivity contribution < 1.29 is 9.21 Å². The lowest BCUT2D eigenvalue weighted by atomic mass is 10.2. The fourth-order valence-electron chi connectivity index (χ4n) is 2.52. The van der Waals surface area contributed by atoms with Crippen LogP contribution in [0.4, 0.5) is 0 Å². The Balaban J connectivity index is 1.93. The van der Waals surface area contributed by atoms with Crippen LogP contribution in [-0.4, -0.2) is 27.3 Å². The summed E-state index contributed by atoms with van der Waals surface area (Å²) < 4.78 is 5.82. The fraction of sp³-hybridized carbons (Fsp3) is 0.235. The Hall–Kier alpha value is -2.12. The van der Waals surface area contributed by atoms with Crippen molar-refractivity contribution in [3.63, 3.8) is 0 Å². The van der Waals surface area contributed by atoms with Gasteiger partial charge >= 0.3 is 0 Å². The monoisotopic (exact) mass is 423 g/mol. The molecule has 25 heavy (non-hydrogen) atoms. The molecule has 1 aromatic carbocycles. The minimum absolute atomic E-state index is 0.169. The SMILES string of the molecule is CCCN(Cc1nc2cc(Cl)ccc2c(=O)[nH]1)C(=O)c1ccc(Br)o1. The standard InChI is InChI=1S/C17H15BrClN3O3/c1-2-7-22(17(24)13-5-6-14(18)25-13)9-15-20-12-8-10(19)3-4-11(12)16(23)21-15/h3-6,8H,2,7,9H2,1H3,(H,20,21,23). The molecule has 3 rings (SSSR count). The van der Waals surface area contributed by atoms with Crippen molar-refractivity contribution in [1.82, 2.24) is 14.9 Å². The number of amides is 1. The first kappa shape index (κ1) is 17.7. The molecule has 8 heteroatoms. The third-order valence-corrected chi connectivity index (χ3v) is 4.28. The van der Waals surface area contributed by atoms with E-state index in [4.69, 9.17) is 16.0 Å². The van der Waals surface area contributed by atoms with Crippen molar-refractivity contribution in [2.45, 2.75) is 19.9 Å². The second-order valence-electron chi connectivity index (χ2n) is 5.50. The maximum absolute atomic E-state index is 12.6. The van der Waals surface area contributed by atoms with E-state index in [-0.39, 0.29) is 23.8 Å². The largest absolute Gasteiger partial charge is 0.444 e. The number of fused-ring (bicyclic) bond motifs is 1. The number of rotatable bonds is 5. The normalized spacial score (nSPS) is 11.0. The zero-order valence-electron chi connectivity index (χ0n) is 13.4. The predicted octanol–water partition coefficient (Wildman–Crippen LogP) is 3.98. The molecule has 1 N–H and O–H groups in total. The molecular formula is C17H15BrClN3O3. The molecule has 0 spiro atoms. The number of furan rings is 1. The van der Waals surface area contributed by atoms with Gasteiger partial charge in [-0.1, -0.05) is 18.5 Å². The molecule has 0 atom stereocenters. The fourth-order valence-corrected chi connectivity index (χ4v) is 3.00. The average molecular weight is 425 g/mol. The molecule has 3 aromatic rings. The van der Waals surface area contributed by atoms with E-state index >= 15 is 0 Å². The van der Waals surface area contributed by atoms with Gasteiger partial charge in [0.2, 0.25) is 0 Å². The van der Waals surface area contributed by atoms with E-state index in [9.17, 15) is 9.59 Å². The highest BCUT2D eigenvalue weighted by atomic mass is 79.9. The van der Waals surface area contributed by atoms with Crippen LogP contribution in [0.3, 0.4) is 0 Å². The van der Waals surface area contributed by atoms with Gasteiger partial charge in [0.15, 0.2) is 10.4 Å². The van der Waals surface area contributed by atoms with E-state index in [2.05, 4.69) is 25.9 Å². The van der Waals surface area contributed by atoms with E-state index in [1.807, 2.05) is 6.92 Å². The lowest BCUT2D eigenvalue weighted by Gasteiger charge is -2.20. The number of carbonyl (C=O) groups is 1. The molecule has 0 saturated heterocycles. The topological polar surface area (TPSA) is 79.2 Å². The molecule has 0 bridgehead atoms. The minimum atomic E-state index is -0.263. The van der Waals surface area contributed by atoms with Crippen molar-refractivity contribution >= 4 is 44.3 Å². The van der Waals surface area contributed by atoms with Crippen molar-refractivity contribution in [2.24, 2.45) is 0 Å². The molecule has 130 valence electrons. The van der Waals surface area contributed by atoms with Crippen LogP contribution in [0, 0.1) is 0 Å². The number of carbonyl (C=O) groups excluding carboxylic acids is 1. The Labute approximate surface area is 156 Å². The summed E-state index contributed by atoms with van der Waals surface area (Å²) in [6.07, 6.45) is 0.761. The van der Waals surface area contributed by atoms with Crippen LogP contribution in [0.15, 0.2) is 44.2 Å². The zero-order valence-corrected chi connectivity index (χ0v) is 15.7. The van der Waals surface area contributed by atoms with E-state index in [0.717, 1.165) is 6.42 Å². The van der Waals surface area contributed by atoms with Crippen molar-refractivity contribution in [3.8, 4) is 0 Å². The molecule has 0 aliphatic rings.